The molecule has 2 aromatic rings. The molecule has 1 aromatic carbocycles. The van der Waals surface area contributed by atoms with E-state index in [1.165, 1.54) is 6.07 Å². The van der Waals surface area contributed by atoms with Crippen molar-refractivity contribution in [3.05, 3.63) is 64.1 Å². The van der Waals surface area contributed by atoms with Crippen LogP contribution >= 0.6 is 15.9 Å². The molecule has 1 atom stereocenters. The van der Waals surface area contributed by atoms with Crippen LogP contribution in [-0.2, 0) is 6.42 Å². The maximum atomic E-state index is 13.6. The molecular weight excluding hydrogens is 319 g/mol. The maximum absolute atomic E-state index is 13.6. The van der Waals surface area contributed by atoms with Crippen LogP contribution in [-0.4, -0.2) is 11.5 Å². The second kappa shape index (κ2) is 7.50. The Hall–Kier alpha value is -1.26. The molecule has 20 heavy (non-hydrogen) atoms. The monoisotopic (exact) mass is 336 g/mol. The van der Waals surface area contributed by atoms with Crippen molar-refractivity contribution in [2.45, 2.75) is 25.8 Å². The van der Waals surface area contributed by atoms with E-state index in [0.717, 1.165) is 30.5 Å². The van der Waals surface area contributed by atoms with Crippen molar-refractivity contribution >= 4 is 15.9 Å². The Kier molecular flexibility index (Phi) is 5.68. The quantitative estimate of drug-likeness (QED) is 0.852. The van der Waals surface area contributed by atoms with Crippen molar-refractivity contribution in [3.8, 4) is 0 Å². The Morgan fingerprint density at radius 2 is 2.15 bits per heavy atom. The number of halogens is 2. The summed E-state index contributed by atoms with van der Waals surface area (Å²) in [5.74, 6) is -0.220. The topological polar surface area (TPSA) is 24.9 Å². The van der Waals surface area contributed by atoms with E-state index < -0.39 is 0 Å². The van der Waals surface area contributed by atoms with E-state index >= 15 is 0 Å². The van der Waals surface area contributed by atoms with Crippen molar-refractivity contribution in [2.75, 3.05) is 6.54 Å². The maximum Gasteiger partial charge on any atom is 0.137 e. The molecule has 0 aliphatic heterocycles. The van der Waals surface area contributed by atoms with Crippen LogP contribution in [0.4, 0.5) is 4.39 Å². The van der Waals surface area contributed by atoms with Gasteiger partial charge in [0.25, 0.3) is 0 Å². The molecule has 0 saturated heterocycles. The van der Waals surface area contributed by atoms with Gasteiger partial charge < -0.3 is 5.32 Å². The normalized spacial score (nSPS) is 12.3. The molecule has 0 spiro atoms. The third kappa shape index (κ3) is 3.87. The summed E-state index contributed by atoms with van der Waals surface area (Å²) < 4.78 is 14.2. The Bertz CT molecular complexity index is 545. The lowest BCUT2D eigenvalue weighted by Crippen LogP contribution is -2.24. The molecule has 2 nitrogen and oxygen atoms in total. The van der Waals surface area contributed by atoms with Gasteiger partial charge in [0.05, 0.1) is 4.47 Å². The molecule has 0 aliphatic carbocycles. The van der Waals surface area contributed by atoms with Crippen molar-refractivity contribution in [3.63, 3.8) is 0 Å². The molecule has 4 heteroatoms. The fourth-order valence-corrected chi connectivity index (χ4v) is 2.56. The number of aromatic nitrogens is 1. The number of hydrogen-bond donors (Lipinski definition) is 1. The summed E-state index contributed by atoms with van der Waals surface area (Å²) in [4.78, 5) is 4.17. The number of rotatable bonds is 6. The first kappa shape index (κ1) is 15.1. The van der Waals surface area contributed by atoms with E-state index in [1.54, 1.807) is 12.3 Å². The van der Waals surface area contributed by atoms with Gasteiger partial charge in [0, 0.05) is 18.4 Å². The molecule has 2 rings (SSSR count). The SMILES string of the molecule is CCCNC(Cc1cccc(F)c1Br)c1cccnc1. The van der Waals surface area contributed by atoms with Crippen LogP contribution in [0.15, 0.2) is 47.2 Å². The van der Waals surface area contributed by atoms with E-state index in [0.29, 0.717) is 4.47 Å². The molecule has 0 radical (unpaired) electrons. The first-order chi connectivity index (χ1) is 9.72. The molecule has 0 saturated carbocycles. The van der Waals surface area contributed by atoms with Gasteiger partial charge in [-0.15, -0.1) is 0 Å². The molecule has 0 aliphatic rings. The molecule has 1 heterocycles. The zero-order valence-electron chi connectivity index (χ0n) is 11.4. The van der Waals surface area contributed by atoms with Crippen LogP contribution < -0.4 is 5.32 Å². The summed E-state index contributed by atoms with van der Waals surface area (Å²) in [7, 11) is 0. The van der Waals surface area contributed by atoms with Crippen molar-refractivity contribution in [1.29, 1.82) is 0 Å². The summed E-state index contributed by atoms with van der Waals surface area (Å²) in [6.45, 7) is 3.05. The summed E-state index contributed by atoms with van der Waals surface area (Å²) >= 11 is 3.33. The van der Waals surface area contributed by atoms with Crippen LogP contribution in [0.3, 0.4) is 0 Å². The lowest BCUT2D eigenvalue weighted by atomic mass is 10.00. The van der Waals surface area contributed by atoms with Crippen LogP contribution in [0.1, 0.15) is 30.5 Å². The summed E-state index contributed by atoms with van der Waals surface area (Å²) in [5.41, 5.74) is 2.08. The first-order valence-corrected chi connectivity index (χ1v) is 7.58. The molecule has 106 valence electrons. The van der Waals surface area contributed by atoms with E-state index in [-0.39, 0.29) is 11.9 Å². The highest BCUT2D eigenvalue weighted by molar-refractivity contribution is 9.10. The highest BCUT2D eigenvalue weighted by Gasteiger charge is 2.14. The average molecular weight is 337 g/mol. The second-order valence-corrected chi connectivity index (χ2v) is 5.50. The molecular formula is C16H18BrFN2. The third-order valence-electron chi connectivity index (χ3n) is 3.18. The predicted molar refractivity (Wildman–Crippen MR) is 83.1 cm³/mol. The van der Waals surface area contributed by atoms with Crippen molar-refractivity contribution in [1.82, 2.24) is 10.3 Å². The smallest absolute Gasteiger partial charge is 0.137 e. The van der Waals surface area contributed by atoms with Gasteiger partial charge in [-0.05, 0) is 58.6 Å². The second-order valence-electron chi connectivity index (χ2n) is 4.71. The molecule has 1 unspecified atom stereocenters. The van der Waals surface area contributed by atoms with E-state index in [1.807, 2.05) is 24.4 Å². The summed E-state index contributed by atoms with van der Waals surface area (Å²) in [6.07, 6.45) is 5.41. The predicted octanol–water partition coefficient (Wildman–Crippen LogP) is 4.27. The fourth-order valence-electron chi connectivity index (χ4n) is 2.13. The highest BCUT2D eigenvalue weighted by Crippen LogP contribution is 2.25. The van der Waals surface area contributed by atoms with Crippen molar-refractivity contribution in [2.24, 2.45) is 0 Å². The lowest BCUT2D eigenvalue weighted by molar-refractivity contribution is 0.524. The number of hydrogen-bond acceptors (Lipinski definition) is 2. The number of nitrogens with one attached hydrogen (secondary N) is 1. The molecule has 1 N–H and O–H groups in total. The van der Waals surface area contributed by atoms with E-state index in [9.17, 15) is 4.39 Å². The lowest BCUT2D eigenvalue weighted by Gasteiger charge is -2.19. The Labute approximate surface area is 127 Å². The number of nitrogens with zero attached hydrogens (tertiary/aromatic N) is 1. The molecule has 0 bridgehead atoms. The molecule has 0 amide bonds. The Balaban J connectivity index is 2.21. The van der Waals surface area contributed by atoms with E-state index in [2.05, 4.69) is 33.2 Å². The molecule has 0 fully saturated rings. The average Bonchev–Trinajstić information content (AvgIpc) is 2.48. The van der Waals surface area contributed by atoms with Gasteiger partial charge in [0.1, 0.15) is 5.82 Å². The van der Waals surface area contributed by atoms with Crippen molar-refractivity contribution < 1.29 is 4.39 Å². The fraction of sp³-hybridized carbons (Fsp3) is 0.312. The Morgan fingerprint density at radius 1 is 1.30 bits per heavy atom. The first-order valence-electron chi connectivity index (χ1n) is 6.78. The van der Waals surface area contributed by atoms with E-state index in [4.69, 9.17) is 0 Å². The van der Waals surface area contributed by atoms with Gasteiger partial charge in [0.2, 0.25) is 0 Å². The minimum absolute atomic E-state index is 0.141. The molecule has 1 aromatic heterocycles. The van der Waals surface area contributed by atoms with Gasteiger partial charge in [0.15, 0.2) is 0 Å². The van der Waals surface area contributed by atoms with Crippen LogP contribution in [0.2, 0.25) is 0 Å². The zero-order chi connectivity index (χ0) is 14.4. The van der Waals surface area contributed by atoms with Crippen LogP contribution in [0.25, 0.3) is 0 Å². The number of benzene rings is 1. The Morgan fingerprint density at radius 3 is 2.85 bits per heavy atom. The van der Waals surface area contributed by atoms with Gasteiger partial charge in [-0.3, -0.25) is 4.98 Å². The van der Waals surface area contributed by atoms with Crippen LogP contribution in [0, 0.1) is 5.82 Å². The summed E-state index contributed by atoms with van der Waals surface area (Å²) in [6, 6.07) is 9.28. The summed E-state index contributed by atoms with van der Waals surface area (Å²) in [5, 5.41) is 3.50. The van der Waals surface area contributed by atoms with Gasteiger partial charge in [-0.2, -0.15) is 0 Å². The highest BCUT2D eigenvalue weighted by atomic mass is 79.9. The number of pyridine rings is 1. The van der Waals surface area contributed by atoms with Gasteiger partial charge in [-0.25, -0.2) is 4.39 Å². The minimum atomic E-state index is -0.220. The minimum Gasteiger partial charge on any atom is -0.310 e. The van der Waals surface area contributed by atoms with Crippen LogP contribution in [0.5, 0.6) is 0 Å². The third-order valence-corrected chi connectivity index (χ3v) is 4.07. The largest absolute Gasteiger partial charge is 0.310 e. The van der Waals surface area contributed by atoms with Gasteiger partial charge >= 0.3 is 0 Å². The van der Waals surface area contributed by atoms with Gasteiger partial charge in [-0.1, -0.05) is 25.1 Å². The zero-order valence-corrected chi connectivity index (χ0v) is 13.0. The standard InChI is InChI=1S/C16H18BrFN2/c1-2-8-20-15(13-6-4-9-19-11-13)10-12-5-3-7-14(18)16(12)17/h3-7,9,11,15,20H,2,8,10H2,1H3.